The second kappa shape index (κ2) is 5.96. The van der Waals surface area contributed by atoms with Crippen molar-refractivity contribution in [3.05, 3.63) is 0 Å². The highest BCUT2D eigenvalue weighted by Crippen LogP contribution is 2.46. The standard InChI is InChI=1S/C14H27B/c1-2-3-4-5-7-12-10-11-13-8-6-9-14(12)15-13/h12-15H,2-11H2,1H3. The van der Waals surface area contributed by atoms with Gasteiger partial charge >= 0.3 is 0 Å². The Balaban J connectivity index is 1.68. The third-order valence-corrected chi connectivity index (χ3v) is 4.86. The van der Waals surface area contributed by atoms with E-state index < -0.39 is 0 Å². The maximum Gasteiger partial charge on any atom is 0.127 e. The summed E-state index contributed by atoms with van der Waals surface area (Å²) in [6.07, 6.45) is 15.2. The quantitative estimate of drug-likeness (QED) is 0.456. The molecule has 2 bridgehead atoms. The summed E-state index contributed by atoms with van der Waals surface area (Å²) in [4.78, 5) is 0. The zero-order valence-corrected chi connectivity index (χ0v) is 10.5. The van der Waals surface area contributed by atoms with E-state index in [2.05, 4.69) is 6.92 Å². The van der Waals surface area contributed by atoms with Gasteiger partial charge in [-0.25, -0.2) is 0 Å². The maximum atomic E-state index is 2.31. The summed E-state index contributed by atoms with van der Waals surface area (Å²) >= 11 is 0. The fourth-order valence-electron chi connectivity index (χ4n) is 3.92. The van der Waals surface area contributed by atoms with Gasteiger partial charge in [-0.1, -0.05) is 82.8 Å². The van der Waals surface area contributed by atoms with Gasteiger partial charge in [-0.2, -0.15) is 0 Å². The number of rotatable bonds is 5. The van der Waals surface area contributed by atoms with Crippen molar-refractivity contribution in [2.24, 2.45) is 5.92 Å². The largest absolute Gasteiger partial charge is 0.127 e. The summed E-state index contributed by atoms with van der Waals surface area (Å²) in [5, 5.41) is 0. The first-order valence-electron chi connectivity index (χ1n) is 7.40. The van der Waals surface area contributed by atoms with Crippen molar-refractivity contribution in [2.75, 3.05) is 0 Å². The lowest BCUT2D eigenvalue weighted by molar-refractivity contribution is 0.316. The molecule has 0 aliphatic carbocycles. The molecule has 0 N–H and O–H groups in total. The lowest BCUT2D eigenvalue weighted by Crippen LogP contribution is -2.29. The van der Waals surface area contributed by atoms with Gasteiger partial charge in [0.05, 0.1) is 0 Å². The Hall–Kier alpha value is 0.0649. The van der Waals surface area contributed by atoms with E-state index in [1.807, 2.05) is 0 Å². The average Bonchev–Trinajstić information content (AvgIpc) is 2.28. The molecule has 0 aromatic rings. The fraction of sp³-hybridized carbons (Fsp3) is 1.00. The molecule has 0 aromatic heterocycles. The van der Waals surface area contributed by atoms with Crippen molar-refractivity contribution in [1.82, 2.24) is 0 Å². The summed E-state index contributed by atoms with van der Waals surface area (Å²) in [5.41, 5.74) is 0. The molecule has 0 aromatic carbocycles. The monoisotopic (exact) mass is 206 g/mol. The lowest BCUT2D eigenvalue weighted by Gasteiger charge is -2.39. The molecule has 0 spiro atoms. The minimum atomic E-state index is 1.12. The summed E-state index contributed by atoms with van der Waals surface area (Å²) in [5.74, 6) is 3.40. The van der Waals surface area contributed by atoms with Crippen LogP contribution in [0.4, 0.5) is 0 Å². The molecule has 15 heavy (non-hydrogen) atoms. The zero-order chi connectivity index (χ0) is 10.5. The molecule has 2 heterocycles. The number of hydrogen-bond acceptors (Lipinski definition) is 0. The van der Waals surface area contributed by atoms with Crippen molar-refractivity contribution in [3.8, 4) is 0 Å². The number of hydrogen-bond donors (Lipinski definition) is 0. The van der Waals surface area contributed by atoms with Gasteiger partial charge in [-0.15, -0.1) is 0 Å². The van der Waals surface area contributed by atoms with E-state index in [0.717, 1.165) is 17.6 Å². The molecule has 2 rings (SSSR count). The van der Waals surface area contributed by atoms with Crippen LogP contribution in [0.3, 0.4) is 0 Å². The van der Waals surface area contributed by atoms with E-state index in [1.165, 1.54) is 25.7 Å². The van der Waals surface area contributed by atoms with Crippen LogP contribution >= 0.6 is 0 Å². The highest BCUT2D eigenvalue weighted by Gasteiger charge is 2.33. The van der Waals surface area contributed by atoms with Gasteiger partial charge in [-0.05, 0) is 5.92 Å². The van der Waals surface area contributed by atoms with Gasteiger partial charge in [0.25, 0.3) is 0 Å². The van der Waals surface area contributed by atoms with Gasteiger partial charge in [-0.3, -0.25) is 0 Å². The molecule has 0 saturated carbocycles. The molecule has 3 unspecified atom stereocenters. The fourth-order valence-corrected chi connectivity index (χ4v) is 3.92. The van der Waals surface area contributed by atoms with Gasteiger partial charge in [0.2, 0.25) is 0 Å². The summed E-state index contributed by atoms with van der Waals surface area (Å²) in [7, 11) is 1.60. The summed E-state index contributed by atoms with van der Waals surface area (Å²) in [6, 6.07) is 0. The molecule has 1 heteroatoms. The third-order valence-electron chi connectivity index (χ3n) is 4.86. The molecule has 3 atom stereocenters. The molecular weight excluding hydrogens is 179 g/mol. The van der Waals surface area contributed by atoms with Crippen LogP contribution in [0.5, 0.6) is 0 Å². The van der Waals surface area contributed by atoms with E-state index >= 15 is 0 Å². The van der Waals surface area contributed by atoms with Crippen LogP contribution in [0.25, 0.3) is 0 Å². The Morgan fingerprint density at radius 1 is 1.00 bits per heavy atom. The van der Waals surface area contributed by atoms with Gasteiger partial charge in [0.1, 0.15) is 7.28 Å². The zero-order valence-electron chi connectivity index (χ0n) is 10.5. The topological polar surface area (TPSA) is 0 Å². The summed E-state index contributed by atoms with van der Waals surface area (Å²) in [6.45, 7) is 2.31. The molecular formula is C14H27B. The van der Waals surface area contributed by atoms with Gasteiger partial charge in [0.15, 0.2) is 0 Å². The Morgan fingerprint density at radius 2 is 1.93 bits per heavy atom. The second-order valence-corrected chi connectivity index (χ2v) is 5.98. The van der Waals surface area contributed by atoms with Crippen LogP contribution in [-0.2, 0) is 0 Å². The highest BCUT2D eigenvalue weighted by atomic mass is 14.3. The molecule has 0 amide bonds. The third kappa shape index (κ3) is 3.26. The van der Waals surface area contributed by atoms with Gasteiger partial charge in [0, 0.05) is 0 Å². The van der Waals surface area contributed by atoms with E-state index in [9.17, 15) is 0 Å². The van der Waals surface area contributed by atoms with E-state index in [4.69, 9.17) is 0 Å². The van der Waals surface area contributed by atoms with Crippen LogP contribution in [0.1, 0.15) is 71.1 Å². The Bertz CT molecular complexity index is 178. The van der Waals surface area contributed by atoms with Crippen LogP contribution in [0.2, 0.25) is 11.6 Å². The van der Waals surface area contributed by atoms with E-state index in [0.29, 0.717) is 0 Å². The van der Waals surface area contributed by atoms with Crippen LogP contribution < -0.4 is 0 Å². The molecule has 2 aliphatic heterocycles. The predicted molar refractivity (Wildman–Crippen MR) is 70.0 cm³/mol. The van der Waals surface area contributed by atoms with Crippen LogP contribution in [-0.4, -0.2) is 7.28 Å². The first kappa shape index (κ1) is 11.5. The SMILES string of the molecule is CCCCCCC1CCC2BC1CCC2. The van der Waals surface area contributed by atoms with Crippen molar-refractivity contribution in [2.45, 2.75) is 82.8 Å². The first-order chi connectivity index (χ1) is 7.40. The minimum absolute atomic E-state index is 1.12. The van der Waals surface area contributed by atoms with Crippen molar-refractivity contribution in [1.29, 1.82) is 0 Å². The minimum Gasteiger partial charge on any atom is -0.0654 e. The maximum absolute atomic E-state index is 2.31. The number of fused-ring (bicyclic) bond motifs is 2. The molecule has 0 radical (unpaired) electrons. The van der Waals surface area contributed by atoms with E-state index in [-0.39, 0.29) is 0 Å². The van der Waals surface area contributed by atoms with Gasteiger partial charge < -0.3 is 0 Å². The van der Waals surface area contributed by atoms with Crippen molar-refractivity contribution >= 4 is 7.28 Å². The Kier molecular flexibility index (Phi) is 4.59. The molecule has 0 nitrogen and oxygen atoms in total. The molecule has 2 aliphatic rings. The summed E-state index contributed by atoms with van der Waals surface area (Å²) < 4.78 is 0. The van der Waals surface area contributed by atoms with E-state index in [1.54, 1.807) is 45.8 Å². The predicted octanol–water partition coefficient (Wildman–Crippen LogP) is 4.56. The van der Waals surface area contributed by atoms with Crippen LogP contribution in [0.15, 0.2) is 0 Å². The number of unbranched alkanes of at least 4 members (excludes halogenated alkanes) is 3. The molecule has 86 valence electrons. The Morgan fingerprint density at radius 3 is 2.80 bits per heavy atom. The second-order valence-electron chi connectivity index (χ2n) is 5.98. The molecule has 2 fully saturated rings. The lowest BCUT2D eigenvalue weighted by atomic mass is 9.41. The Labute approximate surface area is 96.5 Å². The average molecular weight is 206 g/mol. The molecule has 2 saturated heterocycles. The van der Waals surface area contributed by atoms with Crippen molar-refractivity contribution < 1.29 is 0 Å². The van der Waals surface area contributed by atoms with Crippen molar-refractivity contribution in [3.63, 3.8) is 0 Å². The first-order valence-corrected chi connectivity index (χ1v) is 7.40. The smallest absolute Gasteiger partial charge is 0.0654 e. The highest BCUT2D eigenvalue weighted by molar-refractivity contribution is 6.40. The normalized spacial score (nSPS) is 34.9. The van der Waals surface area contributed by atoms with Crippen LogP contribution in [0, 0.1) is 5.92 Å².